The first-order chi connectivity index (χ1) is 13.1. The van der Waals surface area contributed by atoms with Crippen LogP contribution >= 0.6 is 11.6 Å². The molecule has 2 aromatic rings. The van der Waals surface area contributed by atoms with Gasteiger partial charge in [-0.05, 0) is 55.2 Å². The Morgan fingerprint density at radius 2 is 1.85 bits per heavy atom. The van der Waals surface area contributed by atoms with Gasteiger partial charge in [0.25, 0.3) is 5.91 Å². The molecule has 0 heterocycles. The third-order valence-corrected chi connectivity index (χ3v) is 4.88. The highest BCUT2D eigenvalue weighted by Gasteiger charge is 2.23. The minimum Gasteiger partial charge on any atom is -0.349 e. The van der Waals surface area contributed by atoms with Gasteiger partial charge in [0.05, 0.1) is 0 Å². The molecular formula is C22H23ClN2O2. The molecule has 0 aromatic heterocycles. The molecule has 1 aliphatic rings. The zero-order chi connectivity index (χ0) is 19.2. The van der Waals surface area contributed by atoms with Crippen LogP contribution < -0.4 is 5.32 Å². The van der Waals surface area contributed by atoms with Crippen LogP contribution in [0.4, 0.5) is 0 Å². The highest BCUT2D eigenvalue weighted by Crippen LogP contribution is 2.20. The van der Waals surface area contributed by atoms with Gasteiger partial charge in [0.15, 0.2) is 0 Å². The topological polar surface area (TPSA) is 49.4 Å². The first-order valence-corrected chi connectivity index (χ1v) is 9.56. The van der Waals surface area contributed by atoms with Gasteiger partial charge in [0.1, 0.15) is 0 Å². The van der Waals surface area contributed by atoms with Gasteiger partial charge in [0, 0.05) is 35.8 Å². The number of hydrogen-bond acceptors (Lipinski definition) is 2. The Labute approximate surface area is 164 Å². The van der Waals surface area contributed by atoms with E-state index in [1.54, 1.807) is 29.2 Å². The maximum absolute atomic E-state index is 12.5. The van der Waals surface area contributed by atoms with E-state index in [1.165, 1.54) is 0 Å². The van der Waals surface area contributed by atoms with Crippen molar-refractivity contribution in [3.05, 3.63) is 76.3 Å². The van der Waals surface area contributed by atoms with E-state index in [4.69, 9.17) is 11.6 Å². The van der Waals surface area contributed by atoms with Gasteiger partial charge in [-0.15, -0.1) is 0 Å². The number of amides is 2. The van der Waals surface area contributed by atoms with Crippen molar-refractivity contribution in [3.63, 3.8) is 0 Å². The van der Waals surface area contributed by atoms with E-state index in [0.717, 1.165) is 24.0 Å². The highest BCUT2D eigenvalue weighted by molar-refractivity contribution is 6.31. The summed E-state index contributed by atoms with van der Waals surface area (Å²) in [5.41, 5.74) is 2.44. The van der Waals surface area contributed by atoms with Crippen molar-refractivity contribution in [3.8, 4) is 0 Å². The monoisotopic (exact) mass is 382 g/mol. The molecule has 1 aliphatic carbocycles. The van der Waals surface area contributed by atoms with E-state index in [2.05, 4.69) is 5.32 Å². The van der Waals surface area contributed by atoms with E-state index < -0.39 is 0 Å². The SMILES string of the molecule is CCN(Cc1ccccc1Cl)C(=O)/C=C/c1ccc(C(=O)NC2CC2)cc1. The zero-order valence-corrected chi connectivity index (χ0v) is 16.1. The fourth-order valence-corrected chi connectivity index (χ4v) is 2.89. The number of rotatable bonds is 7. The Bertz CT molecular complexity index is 842. The number of hydrogen-bond donors (Lipinski definition) is 1. The normalized spacial score (nSPS) is 13.6. The first kappa shape index (κ1) is 19.2. The van der Waals surface area contributed by atoms with Gasteiger partial charge in [0.2, 0.25) is 5.91 Å². The molecule has 1 N–H and O–H groups in total. The molecule has 0 bridgehead atoms. The standard InChI is InChI=1S/C22H23ClN2O2/c1-2-25(15-18-5-3-4-6-20(18)23)21(26)14-9-16-7-10-17(11-8-16)22(27)24-19-12-13-19/h3-11,14,19H,2,12-13,15H2,1H3,(H,24,27)/b14-9+. The molecule has 2 aromatic carbocycles. The lowest BCUT2D eigenvalue weighted by Crippen LogP contribution is -2.28. The van der Waals surface area contributed by atoms with Crippen LogP contribution in [0.5, 0.6) is 0 Å². The maximum Gasteiger partial charge on any atom is 0.251 e. The predicted octanol–water partition coefficient (Wildman–Crippen LogP) is 4.29. The number of benzene rings is 2. The van der Waals surface area contributed by atoms with Crippen LogP contribution in [0.15, 0.2) is 54.6 Å². The van der Waals surface area contributed by atoms with Crippen LogP contribution in [0.25, 0.3) is 6.08 Å². The lowest BCUT2D eigenvalue weighted by atomic mass is 10.1. The lowest BCUT2D eigenvalue weighted by molar-refractivity contribution is -0.126. The van der Waals surface area contributed by atoms with Crippen molar-refractivity contribution < 1.29 is 9.59 Å². The molecule has 0 saturated heterocycles. The van der Waals surface area contributed by atoms with Gasteiger partial charge in [-0.1, -0.05) is 41.9 Å². The van der Waals surface area contributed by atoms with Crippen LogP contribution in [0.1, 0.15) is 41.3 Å². The molecule has 0 spiro atoms. The second kappa shape index (κ2) is 8.87. The summed E-state index contributed by atoms with van der Waals surface area (Å²) in [6.45, 7) is 3.00. The summed E-state index contributed by atoms with van der Waals surface area (Å²) in [4.78, 5) is 26.2. The van der Waals surface area contributed by atoms with E-state index >= 15 is 0 Å². The van der Waals surface area contributed by atoms with E-state index in [-0.39, 0.29) is 11.8 Å². The molecule has 0 unspecified atom stereocenters. The lowest BCUT2D eigenvalue weighted by Gasteiger charge is -2.19. The third kappa shape index (κ3) is 5.44. The molecule has 2 amide bonds. The highest BCUT2D eigenvalue weighted by atomic mass is 35.5. The van der Waals surface area contributed by atoms with E-state index in [1.807, 2.05) is 43.3 Å². The van der Waals surface area contributed by atoms with Crippen molar-refractivity contribution in [1.29, 1.82) is 0 Å². The summed E-state index contributed by atoms with van der Waals surface area (Å²) < 4.78 is 0. The molecule has 27 heavy (non-hydrogen) atoms. The molecule has 140 valence electrons. The Morgan fingerprint density at radius 3 is 2.48 bits per heavy atom. The van der Waals surface area contributed by atoms with Crippen LogP contribution in [0, 0.1) is 0 Å². The Morgan fingerprint density at radius 1 is 1.15 bits per heavy atom. The number of carbonyl (C=O) groups is 2. The second-order valence-electron chi connectivity index (χ2n) is 6.65. The van der Waals surface area contributed by atoms with Crippen LogP contribution in [-0.4, -0.2) is 29.3 Å². The van der Waals surface area contributed by atoms with Crippen molar-refractivity contribution in [2.75, 3.05) is 6.54 Å². The Hall–Kier alpha value is -2.59. The zero-order valence-electron chi connectivity index (χ0n) is 15.3. The predicted molar refractivity (Wildman–Crippen MR) is 109 cm³/mol. The summed E-state index contributed by atoms with van der Waals surface area (Å²) in [5.74, 6) is -0.117. The van der Waals surface area contributed by atoms with Gasteiger partial charge in [-0.3, -0.25) is 9.59 Å². The Kier molecular flexibility index (Phi) is 6.30. The molecule has 0 radical (unpaired) electrons. The summed E-state index contributed by atoms with van der Waals surface area (Å²) in [5, 5.41) is 3.62. The minimum atomic E-state index is -0.0760. The number of nitrogens with zero attached hydrogens (tertiary/aromatic N) is 1. The quantitative estimate of drug-likeness (QED) is 0.726. The fourth-order valence-electron chi connectivity index (χ4n) is 2.69. The molecule has 0 aliphatic heterocycles. The summed E-state index contributed by atoms with van der Waals surface area (Å²) in [6.07, 6.45) is 5.45. The van der Waals surface area contributed by atoms with Crippen molar-refractivity contribution in [2.45, 2.75) is 32.4 Å². The third-order valence-electron chi connectivity index (χ3n) is 4.52. The minimum absolute atomic E-state index is 0.0407. The maximum atomic E-state index is 12.5. The van der Waals surface area contributed by atoms with Gasteiger partial charge in [-0.25, -0.2) is 0 Å². The van der Waals surface area contributed by atoms with Crippen molar-refractivity contribution in [2.24, 2.45) is 0 Å². The molecule has 5 heteroatoms. The molecular weight excluding hydrogens is 360 g/mol. The molecule has 4 nitrogen and oxygen atoms in total. The number of carbonyl (C=O) groups excluding carboxylic acids is 2. The molecule has 1 fully saturated rings. The van der Waals surface area contributed by atoms with E-state index in [9.17, 15) is 9.59 Å². The molecule has 1 saturated carbocycles. The molecule has 0 atom stereocenters. The fraction of sp³-hybridized carbons (Fsp3) is 0.273. The summed E-state index contributed by atoms with van der Waals surface area (Å²) >= 11 is 6.19. The van der Waals surface area contributed by atoms with Crippen LogP contribution in [-0.2, 0) is 11.3 Å². The van der Waals surface area contributed by atoms with Crippen LogP contribution in [0.3, 0.4) is 0 Å². The molecule has 3 rings (SSSR count). The van der Waals surface area contributed by atoms with Gasteiger partial charge in [-0.2, -0.15) is 0 Å². The number of nitrogens with one attached hydrogen (secondary N) is 1. The van der Waals surface area contributed by atoms with Crippen molar-refractivity contribution in [1.82, 2.24) is 10.2 Å². The first-order valence-electron chi connectivity index (χ1n) is 9.18. The largest absolute Gasteiger partial charge is 0.349 e. The number of likely N-dealkylation sites (N-methyl/N-ethyl adjacent to an activating group) is 1. The summed E-state index contributed by atoms with van der Waals surface area (Å²) in [7, 11) is 0. The van der Waals surface area contributed by atoms with Crippen molar-refractivity contribution >= 4 is 29.5 Å². The van der Waals surface area contributed by atoms with E-state index in [0.29, 0.717) is 29.7 Å². The average molecular weight is 383 g/mol. The van der Waals surface area contributed by atoms with Gasteiger partial charge >= 0.3 is 0 Å². The Balaban J connectivity index is 1.60. The summed E-state index contributed by atoms with van der Waals surface area (Å²) in [6, 6.07) is 15.1. The number of halogens is 1. The average Bonchev–Trinajstić information content (AvgIpc) is 3.50. The smallest absolute Gasteiger partial charge is 0.251 e. The van der Waals surface area contributed by atoms with Crippen LogP contribution in [0.2, 0.25) is 5.02 Å². The van der Waals surface area contributed by atoms with Gasteiger partial charge < -0.3 is 10.2 Å². The second-order valence-corrected chi connectivity index (χ2v) is 7.05.